The van der Waals surface area contributed by atoms with Crippen LogP contribution in [0.25, 0.3) is 12.3 Å². The third-order valence-electron chi connectivity index (χ3n) is 0.129. The first kappa shape index (κ1) is 30.4. The molecule has 0 rings (SSSR count). The van der Waals surface area contributed by atoms with Gasteiger partial charge in [-0.25, -0.2) is 0 Å². The van der Waals surface area contributed by atoms with Gasteiger partial charge in [0.1, 0.15) is 6.79 Å². The van der Waals surface area contributed by atoms with Gasteiger partial charge in [-0.3, -0.25) is 0 Å². The molecule has 74 valence electrons. The molecule has 0 bridgehead atoms. The Morgan fingerprint density at radius 2 is 1.50 bits per heavy atom. The summed E-state index contributed by atoms with van der Waals surface area (Å²) in [5.41, 5.74) is 0. The molecule has 0 aromatic heterocycles. The molecular formula is C3H13Cl2N2O2Pt-3. The zero-order valence-electron chi connectivity index (χ0n) is 5.79. The molecule has 0 saturated heterocycles. The van der Waals surface area contributed by atoms with Crippen molar-refractivity contribution in [3.05, 3.63) is 19.7 Å². The van der Waals surface area contributed by atoms with Crippen LogP contribution in [0.2, 0.25) is 0 Å². The third-order valence-corrected chi connectivity index (χ3v) is 0.129. The minimum Gasteiger partial charge on any atom is -0.693 e. The smallest absolute Gasteiger partial charge is 0.693 e. The van der Waals surface area contributed by atoms with Crippen LogP contribution in [0.4, 0.5) is 0 Å². The largest absolute Gasteiger partial charge is 0.693 e. The first-order chi connectivity index (χ1) is 3.33. The molecule has 0 atom stereocenters. The number of aliphatic hydroxyl groups excluding tert-OH is 1. The van der Waals surface area contributed by atoms with Crippen LogP contribution in [0.3, 0.4) is 0 Å². The average molecular weight is 375 g/mol. The fourth-order valence-electron chi connectivity index (χ4n) is 0. The van der Waals surface area contributed by atoms with Crippen LogP contribution in [-0.2, 0) is 21.2 Å². The molecule has 0 spiro atoms. The maximum atomic E-state index is 7.65. The Kier molecular flexibility index (Phi) is 151. The number of rotatable bonds is 1. The number of nitrogens with two attached hydrogens (primary N) is 2. The second-order valence-corrected chi connectivity index (χ2v) is 3.75. The molecule has 0 aromatic rings. The number of aliphatic hydroxyl groups is 1. The van der Waals surface area contributed by atoms with E-state index in [1.54, 1.807) is 0 Å². The van der Waals surface area contributed by atoms with Gasteiger partial charge in [0, 0.05) is 7.11 Å². The van der Waals surface area contributed by atoms with Gasteiger partial charge in [-0.05, 0) is 0 Å². The molecule has 4 nitrogen and oxygen atoms in total. The van der Waals surface area contributed by atoms with E-state index in [4.69, 9.17) is 23.9 Å². The predicted octanol–water partition coefficient (Wildman–Crippen LogP) is 2.84. The summed E-state index contributed by atoms with van der Waals surface area (Å²) in [6.45, 7) is -0.181. The van der Waals surface area contributed by atoms with Crippen LogP contribution in [-0.4, -0.2) is 19.0 Å². The fraction of sp³-hybridized carbons (Fsp3) is 0.667. The van der Waals surface area contributed by atoms with Crippen molar-refractivity contribution in [1.29, 1.82) is 0 Å². The van der Waals surface area contributed by atoms with Crippen LogP contribution in [0, 0.1) is 7.43 Å². The minimum atomic E-state index is -0.472. The zero-order valence-corrected chi connectivity index (χ0v) is 9.57. The second kappa shape index (κ2) is 49.7. The van der Waals surface area contributed by atoms with E-state index in [2.05, 4.69) is 4.74 Å². The van der Waals surface area contributed by atoms with Crippen molar-refractivity contribution in [2.24, 2.45) is 0 Å². The Bertz CT molecular complexity index is 30.0. The van der Waals surface area contributed by atoms with Gasteiger partial charge in [0.25, 0.3) is 0 Å². The summed E-state index contributed by atoms with van der Waals surface area (Å²) in [6.07, 6.45) is 0. The number of hydrogen-bond acceptors (Lipinski definition) is 2. The summed E-state index contributed by atoms with van der Waals surface area (Å²) in [6, 6.07) is 0. The van der Waals surface area contributed by atoms with E-state index in [0.717, 1.165) is 0 Å². The molecule has 0 unspecified atom stereocenters. The molecule has 5 N–H and O–H groups in total. The second-order valence-electron chi connectivity index (χ2n) is 0.463. The van der Waals surface area contributed by atoms with Crippen molar-refractivity contribution < 1.29 is 26.3 Å². The Hall–Kier alpha value is 1.11. The monoisotopic (exact) mass is 374 g/mol. The Morgan fingerprint density at radius 3 is 1.50 bits per heavy atom. The van der Waals surface area contributed by atoms with E-state index in [1.807, 2.05) is 0 Å². The van der Waals surface area contributed by atoms with Crippen LogP contribution in [0.5, 0.6) is 0 Å². The molecule has 0 amide bonds. The van der Waals surface area contributed by atoms with Crippen LogP contribution in [0.15, 0.2) is 0 Å². The van der Waals surface area contributed by atoms with Gasteiger partial charge < -0.3 is 29.6 Å². The number of hydrogen-bond donors (Lipinski definition) is 1. The molecule has 0 aliphatic rings. The third kappa shape index (κ3) is 135. The maximum absolute atomic E-state index is 7.65. The van der Waals surface area contributed by atoms with Gasteiger partial charge in [-0.2, -0.15) is 0 Å². The SMILES string of the molecule is COCO.[CH3-].[Cl][Pt][Cl].[NH2-].[NH2-]. The molecule has 10 heavy (non-hydrogen) atoms. The van der Waals surface area contributed by atoms with Crippen molar-refractivity contribution in [3.63, 3.8) is 0 Å². The summed E-state index contributed by atoms with van der Waals surface area (Å²) in [5, 5.41) is 7.65. The molecule has 0 fully saturated rings. The van der Waals surface area contributed by atoms with Crippen LogP contribution < -0.4 is 0 Å². The summed E-state index contributed by atoms with van der Waals surface area (Å²) in [4.78, 5) is 0. The molecule has 0 heterocycles. The molecule has 0 saturated carbocycles. The van der Waals surface area contributed by atoms with Gasteiger partial charge in [0.05, 0.1) is 0 Å². The van der Waals surface area contributed by atoms with Crippen molar-refractivity contribution in [2.75, 3.05) is 13.9 Å². The van der Waals surface area contributed by atoms with Gasteiger partial charge in [-0.1, -0.05) is 0 Å². The molecule has 0 aliphatic carbocycles. The van der Waals surface area contributed by atoms with E-state index < -0.39 is 16.5 Å². The van der Waals surface area contributed by atoms with E-state index in [-0.39, 0.29) is 26.5 Å². The molecule has 7 heteroatoms. The number of methoxy groups -OCH3 is 1. The normalized spacial score (nSPS) is 5.20. The first-order valence-corrected chi connectivity index (χ1v) is 6.88. The average Bonchev–Trinajstić information content (AvgIpc) is 1.69. The van der Waals surface area contributed by atoms with E-state index in [0.29, 0.717) is 0 Å². The summed E-state index contributed by atoms with van der Waals surface area (Å²) >= 11 is -0.472. The molecule has 0 aromatic carbocycles. The molecule has 0 radical (unpaired) electrons. The van der Waals surface area contributed by atoms with E-state index >= 15 is 0 Å². The van der Waals surface area contributed by atoms with Gasteiger partial charge in [0.2, 0.25) is 0 Å². The fourth-order valence-corrected chi connectivity index (χ4v) is 0. The quantitative estimate of drug-likeness (QED) is 0.563. The van der Waals surface area contributed by atoms with Crippen molar-refractivity contribution >= 4 is 18.8 Å². The van der Waals surface area contributed by atoms with E-state index in [9.17, 15) is 0 Å². The van der Waals surface area contributed by atoms with Crippen LogP contribution >= 0.6 is 18.8 Å². The van der Waals surface area contributed by atoms with Gasteiger partial charge in [0.15, 0.2) is 0 Å². The summed E-state index contributed by atoms with van der Waals surface area (Å²) in [7, 11) is 11.2. The van der Waals surface area contributed by atoms with Gasteiger partial charge in [-0.15, -0.1) is 0 Å². The summed E-state index contributed by atoms with van der Waals surface area (Å²) < 4.78 is 4.10. The Morgan fingerprint density at radius 1 is 1.40 bits per heavy atom. The molecular weight excluding hydrogens is 362 g/mol. The predicted molar refractivity (Wildman–Crippen MR) is 42.8 cm³/mol. The Labute approximate surface area is 78.8 Å². The van der Waals surface area contributed by atoms with Gasteiger partial charge >= 0.3 is 35.3 Å². The zero-order chi connectivity index (χ0) is 6.12. The van der Waals surface area contributed by atoms with Crippen LogP contribution in [0.1, 0.15) is 0 Å². The molecule has 0 aliphatic heterocycles. The standard InChI is InChI=1S/C2H6O2.CH3.2ClH.2H2N.Pt/c1-4-2-3;;;;;;/h3H,2H2,1H3;1H3;2*1H;2*1H2;/q;-1;;;2*-1;+2/p-2. The summed E-state index contributed by atoms with van der Waals surface area (Å²) in [5.74, 6) is 0. The van der Waals surface area contributed by atoms with E-state index in [1.165, 1.54) is 7.11 Å². The maximum Gasteiger partial charge on any atom is -0.693 e. The number of halogens is 2. The first-order valence-electron chi connectivity index (χ1n) is 1.25. The minimum absolute atomic E-state index is 0. The topological polar surface area (TPSA) is 96.5 Å². The van der Waals surface area contributed by atoms with Crippen molar-refractivity contribution in [2.45, 2.75) is 0 Å². The Balaban J connectivity index is -0.0000000131. The number of ether oxygens (including phenoxy) is 1. The van der Waals surface area contributed by atoms with Crippen molar-refractivity contribution in [1.82, 2.24) is 0 Å². The van der Waals surface area contributed by atoms with Crippen molar-refractivity contribution in [3.8, 4) is 0 Å².